The van der Waals surface area contributed by atoms with E-state index in [4.69, 9.17) is 0 Å². The van der Waals surface area contributed by atoms with E-state index in [0.29, 0.717) is 5.56 Å². The van der Waals surface area contributed by atoms with Crippen molar-refractivity contribution < 1.29 is 4.39 Å². The molecule has 4 aromatic rings. The van der Waals surface area contributed by atoms with E-state index >= 15 is 0 Å². The Morgan fingerprint density at radius 3 is 2.52 bits per heavy atom. The highest BCUT2D eigenvalue weighted by Crippen LogP contribution is 2.36. The van der Waals surface area contributed by atoms with Gasteiger partial charge in [0.25, 0.3) is 0 Å². The van der Waals surface area contributed by atoms with Gasteiger partial charge in [-0.05, 0) is 73.5 Å². The average Bonchev–Trinajstić information content (AvgIpc) is 3.24. The van der Waals surface area contributed by atoms with Crippen LogP contribution in [0.25, 0.3) is 33.3 Å². The number of fused-ring (bicyclic) bond motifs is 1. The molecule has 0 amide bonds. The van der Waals surface area contributed by atoms with E-state index in [9.17, 15) is 4.39 Å². The van der Waals surface area contributed by atoms with Crippen LogP contribution in [0.4, 0.5) is 4.39 Å². The lowest BCUT2D eigenvalue weighted by molar-refractivity contribution is 0.151. The number of halogens is 1. The van der Waals surface area contributed by atoms with E-state index in [2.05, 4.69) is 49.6 Å². The first kappa shape index (κ1) is 21.7. The number of pyridine rings is 1. The molecule has 0 aliphatic carbocycles. The third-order valence-corrected chi connectivity index (χ3v) is 6.68. The SMILES string of the molecule is Cc1ccc(-c2cc3ncn(CCCN4CCN(C)CC4)c3cc2-c2cccnc2)cc1F. The largest absolute Gasteiger partial charge is 0.331 e. The van der Waals surface area contributed by atoms with Crippen molar-refractivity contribution in [2.75, 3.05) is 39.8 Å². The van der Waals surface area contributed by atoms with E-state index in [1.807, 2.05) is 30.7 Å². The zero-order valence-corrected chi connectivity index (χ0v) is 19.3. The summed E-state index contributed by atoms with van der Waals surface area (Å²) in [5.41, 5.74) is 6.55. The lowest BCUT2D eigenvalue weighted by Gasteiger charge is -2.32. The Balaban J connectivity index is 1.47. The molecule has 1 aliphatic rings. The van der Waals surface area contributed by atoms with Gasteiger partial charge in [0.05, 0.1) is 17.4 Å². The van der Waals surface area contributed by atoms with Crippen molar-refractivity contribution in [3.8, 4) is 22.3 Å². The van der Waals surface area contributed by atoms with E-state index in [1.165, 1.54) is 0 Å². The molecule has 1 fully saturated rings. The molecule has 0 unspecified atom stereocenters. The standard InChI is InChI=1S/C27H30FN5/c1-20-6-7-21(15-25(20)28)23-16-26-27(17-24(23)22-5-3-8-29-18-22)33(19-30-26)10-4-9-32-13-11-31(2)12-14-32/h3,5-8,15-19H,4,9-14H2,1-2H3. The Morgan fingerprint density at radius 2 is 1.76 bits per heavy atom. The molecule has 3 heterocycles. The molecule has 0 radical (unpaired) electrons. The van der Waals surface area contributed by atoms with Gasteiger partial charge in [0.1, 0.15) is 5.82 Å². The summed E-state index contributed by atoms with van der Waals surface area (Å²) in [4.78, 5) is 13.9. The fraction of sp³-hybridized carbons (Fsp3) is 0.333. The Hall–Kier alpha value is -3.09. The summed E-state index contributed by atoms with van der Waals surface area (Å²) in [6.45, 7) is 8.38. The molecular formula is C27H30FN5. The van der Waals surface area contributed by atoms with Crippen molar-refractivity contribution in [1.82, 2.24) is 24.3 Å². The number of imidazole rings is 1. The molecule has 170 valence electrons. The monoisotopic (exact) mass is 443 g/mol. The Labute approximate surface area is 194 Å². The summed E-state index contributed by atoms with van der Waals surface area (Å²) in [6, 6.07) is 13.7. The zero-order chi connectivity index (χ0) is 22.8. The number of hydrogen-bond acceptors (Lipinski definition) is 4. The maximum atomic E-state index is 14.4. The number of rotatable bonds is 6. The molecule has 1 saturated heterocycles. The van der Waals surface area contributed by atoms with Gasteiger partial charge in [0, 0.05) is 50.7 Å². The summed E-state index contributed by atoms with van der Waals surface area (Å²) in [5.74, 6) is -0.195. The number of hydrogen-bond donors (Lipinski definition) is 0. The molecule has 5 nitrogen and oxygen atoms in total. The number of nitrogens with zero attached hydrogens (tertiary/aromatic N) is 5. The molecule has 0 spiro atoms. The van der Waals surface area contributed by atoms with Crippen molar-refractivity contribution in [3.05, 3.63) is 72.6 Å². The number of aromatic nitrogens is 3. The zero-order valence-electron chi connectivity index (χ0n) is 19.3. The minimum Gasteiger partial charge on any atom is -0.331 e. The number of likely N-dealkylation sites (N-methyl/N-ethyl adjacent to an activating group) is 1. The average molecular weight is 444 g/mol. The van der Waals surface area contributed by atoms with Gasteiger partial charge < -0.3 is 14.4 Å². The molecule has 6 heteroatoms. The van der Waals surface area contributed by atoms with Crippen molar-refractivity contribution in [2.45, 2.75) is 19.9 Å². The van der Waals surface area contributed by atoms with Crippen molar-refractivity contribution in [3.63, 3.8) is 0 Å². The van der Waals surface area contributed by atoms with Gasteiger partial charge in [0.15, 0.2) is 0 Å². The first-order valence-electron chi connectivity index (χ1n) is 11.7. The highest BCUT2D eigenvalue weighted by molar-refractivity contribution is 5.93. The van der Waals surface area contributed by atoms with Crippen molar-refractivity contribution >= 4 is 11.0 Å². The molecule has 33 heavy (non-hydrogen) atoms. The molecule has 1 aliphatic heterocycles. The Bertz CT molecular complexity index is 1240. The second kappa shape index (κ2) is 9.41. The quantitative estimate of drug-likeness (QED) is 0.427. The van der Waals surface area contributed by atoms with Gasteiger partial charge in [-0.1, -0.05) is 18.2 Å². The van der Waals surface area contributed by atoms with Crippen molar-refractivity contribution in [2.24, 2.45) is 0 Å². The third kappa shape index (κ3) is 4.68. The number of aryl methyl sites for hydroxylation is 2. The third-order valence-electron chi connectivity index (χ3n) is 6.68. The van der Waals surface area contributed by atoms with Crippen LogP contribution in [-0.4, -0.2) is 64.1 Å². The minimum absolute atomic E-state index is 0.195. The second-order valence-electron chi connectivity index (χ2n) is 9.03. The molecule has 0 atom stereocenters. The summed E-state index contributed by atoms with van der Waals surface area (Å²) in [5, 5.41) is 0. The highest BCUT2D eigenvalue weighted by atomic mass is 19.1. The van der Waals surface area contributed by atoms with E-state index in [-0.39, 0.29) is 5.82 Å². The Kier molecular flexibility index (Phi) is 6.20. The highest BCUT2D eigenvalue weighted by Gasteiger charge is 2.16. The van der Waals surface area contributed by atoms with E-state index in [1.54, 1.807) is 19.2 Å². The van der Waals surface area contributed by atoms with Crippen LogP contribution in [-0.2, 0) is 6.54 Å². The molecule has 5 rings (SSSR count). The second-order valence-corrected chi connectivity index (χ2v) is 9.03. The van der Waals surface area contributed by atoms with Crippen LogP contribution in [0.15, 0.2) is 61.2 Å². The lowest BCUT2D eigenvalue weighted by Crippen LogP contribution is -2.44. The summed E-state index contributed by atoms with van der Waals surface area (Å²) < 4.78 is 16.6. The summed E-state index contributed by atoms with van der Waals surface area (Å²) in [7, 11) is 2.19. The van der Waals surface area contributed by atoms with Crippen LogP contribution < -0.4 is 0 Å². The van der Waals surface area contributed by atoms with Crippen LogP contribution in [0, 0.1) is 12.7 Å². The predicted molar refractivity (Wildman–Crippen MR) is 132 cm³/mol. The normalized spacial score (nSPS) is 15.4. The smallest absolute Gasteiger partial charge is 0.126 e. The van der Waals surface area contributed by atoms with Crippen LogP contribution >= 0.6 is 0 Å². The Morgan fingerprint density at radius 1 is 0.939 bits per heavy atom. The lowest BCUT2D eigenvalue weighted by atomic mass is 9.94. The first-order chi connectivity index (χ1) is 16.1. The first-order valence-corrected chi connectivity index (χ1v) is 11.7. The topological polar surface area (TPSA) is 37.2 Å². The minimum atomic E-state index is -0.195. The van der Waals surface area contributed by atoms with Crippen molar-refractivity contribution in [1.29, 1.82) is 0 Å². The molecule has 0 N–H and O–H groups in total. The maximum Gasteiger partial charge on any atom is 0.126 e. The van der Waals surface area contributed by atoms with E-state index < -0.39 is 0 Å². The summed E-state index contributed by atoms with van der Waals surface area (Å²) >= 11 is 0. The molecule has 0 saturated carbocycles. The van der Waals surface area contributed by atoms with Gasteiger partial charge in [-0.2, -0.15) is 0 Å². The number of piperazine rings is 1. The molecule has 2 aromatic heterocycles. The fourth-order valence-corrected chi connectivity index (χ4v) is 4.58. The van der Waals surface area contributed by atoms with Crippen LogP contribution in [0.3, 0.4) is 0 Å². The predicted octanol–water partition coefficient (Wildman–Crippen LogP) is 4.85. The van der Waals surface area contributed by atoms with Crippen LogP contribution in [0.2, 0.25) is 0 Å². The van der Waals surface area contributed by atoms with Gasteiger partial charge >= 0.3 is 0 Å². The maximum absolute atomic E-state index is 14.4. The summed E-state index contributed by atoms with van der Waals surface area (Å²) in [6.07, 6.45) is 6.66. The van der Waals surface area contributed by atoms with Gasteiger partial charge in [-0.3, -0.25) is 4.98 Å². The number of benzene rings is 2. The molecule has 0 bridgehead atoms. The fourth-order valence-electron chi connectivity index (χ4n) is 4.58. The molecule has 2 aromatic carbocycles. The van der Waals surface area contributed by atoms with Crippen LogP contribution in [0.1, 0.15) is 12.0 Å². The van der Waals surface area contributed by atoms with Gasteiger partial charge in [-0.25, -0.2) is 9.37 Å². The molecular weight excluding hydrogens is 413 g/mol. The van der Waals surface area contributed by atoms with Crippen LogP contribution in [0.5, 0.6) is 0 Å². The van der Waals surface area contributed by atoms with E-state index in [0.717, 1.165) is 79.0 Å². The van der Waals surface area contributed by atoms with Gasteiger partial charge in [0.2, 0.25) is 0 Å². The van der Waals surface area contributed by atoms with Gasteiger partial charge in [-0.15, -0.1) is 0 Å².